The highest BCUT2D eigenvalue weighted by molar-refractivity contribution is 5.94. The molecule has 2 rings (SSSR count). The van der Waals surface area contributed by atoms with Crippen molar-refractivity contribution >= 4 is 5.91 Å². The van der Waals surface area contributed by atoms with E-state index in [9.17, 15) is 4.79 Å². The molecule has 1 aromatic rings. The van der Waals surface area contributed by atoms with E-state index >= 15 is 0 Å². The number of nitrogens with one attached hydrogen (secondary N) is 1. The van der Waals surface area contributed by atoms with Gasteiger partial charge in [0.25, 0.3) is 5.91 Å². The highest BCUT2D eigenvalue weighted by Gasteiger charge is 2.21. The standard InChI is InChI=1S/C15H23N3O/c1-12-5-9-18(10-6-12)15(19)13-3-8-17-14(11-13)4-7-16-2/h3,8,11-12,16H,4-7,9-10H2,1-2H3. The number of nitrogens with zero attached hydrogens (tertiary/aromatic N) is 2. The molecular formula is C15H23N3O. The molecule has 1 aliphatic rings. The fourth-order valence-corrected chi connectivity index (χ4v) is 2.40. The fourth-order valence-electron chi connectivity index (χ4n) is 2.40. The second-order valence-corrected chi connectivity index (χ2v) is 5.36. The summed E-state index contributed by atoms with van der Waals surface area (Å²) in [5, 5.41) is 3.10. The number of carbonyl (C=O) groups is 1. The summed E-state index contributed by atoms with van der Waals surface area (Å²) in [6, 6.07) is 3.75. The van der Waals surface area contributed by atoms with Crippen molar-refractivity contribution in [2.24, 2.45) is 5.92 Å². The average Bonchev–Trinajstić information content (AvgIpc) is 2.45. The third kappa shape index (κ3) is 3.77. The molecule has 1 aromatic heterocycles. The summed E-state index contributed by atoms with van der Waals surface area (Å²) >= 11 is 0. The Morgan fingerprint density at radius 3 is 2.89 bits per heavy atom. The van der Waals surface area contributed by atoms with Gasteiger partial charge in [-0.25, -0.2) is 0 Å². The lowest BCUT2D eigenvalue weighted by Gasteiger charge is -2.30. The monoisotopic (exact) mass is 261 g/mol. The number of hydrogen-bond donors (Lipinski definition) is 1. The van der Waals surface area contributed by atoms with Crippen molar-refractivity contribution in [3.05, 3.63) is 29.6 Å². The molecule has 0 bridgehead atoms. The van der Waals surface area contributed by atoms with Gasteiger partial charge in [-0.3, -0.25) is 9.78 Å². The Balaban J connectivity index is 2.02. The van der Waals surface area contributed by atoms with Gasteiger partial charge in [0, 0.05) is 43.5 Å². The van der Waals surface area contributed by atoms with Crippen LogP contribution in [0.1, 0.15) is 35.8 Å². The van der Waals surface area contributed by atoms with E-state index in [-0.39, 0.29) is 5.91 Å². The minimum Gasteiger partial charge on any atom is -0.339 e. The van der Waals surface area contributed by atoms with Gasteiger partial charge in [0.15, 0.2) is 0 Å². The quantitative estimate of drug-likeness (QED) is 0.897. The topological polar surface area (TPSA) is 45.2 Å². The molecule has 0 aliphatic carbocycles. The van der Waals surface area contributed by atoms with Crippen LogP contribution in [-0.2, 0) is 6.42 Å². The van der Waals surface area contributed by atoms with Gasteiger partial charge in [0.05, 0.1) is 0 Å². The molecule has 1 fully saturated rings. The first kappa shape index (κ1) is 14.0. The Kier molecular flexibility index (Phi) is 4.91. The average molecular weight is 261 g/mol. The number of hydrogen-bond acceptors (Lipinski definition) is 3. The Morgan fingerprint density at radius 1 is 1.47 bits per heavy atom. The van der Waals surface area contributed by atoms with E-state index in [4.69, 9.17) is 0 Å². The van der Waals surface area contributed by atoms with Crippen LogP contribution in [0, 0.1) is 5.92 Å². The van der Waals surface area contributed by atoms with E-state index in [1.165, 1.54) is 0 Å². The van der Waals surface area contributed by atoms with E-state index < -0.39 is 0 Å². The highest BCUT2D eigenvalue weighted by Crippen LogP contribution is 2.18. The summed E-state index contributed by atoms with van der Waals surface area (Å²) < 4.78 is 0. The predicted molar refractivity (Wildman–Crippen MR) is 76.2 cm³/mol. The van der Waals surface area contributed by atoms with E-state index in [0.29, 0.717) is 0 Å². The van der Waals surface area contributed by atoms with Gasteiger partial charge in [-0.05, 0) is 37.9 Å². The summed E-state index contributed by atoms with van der Waals surface area (Å²) in [7, 11) is 1.92. The minimum atomic E-state index is 0.153. The van der Waals surface area contributed by atoms with Crippen LogP contribution in [-0.4, -0.2) is 42.5 Å². The summed E-state index contributed by atoms with van der Waals surface area (Å²) in [4.78, 5) is 18.7. The fraction of sp³-hybridized carbons (Fsp3) is 0.600. The molecule has 0 saturated carbocycles. The molecule has 1 saturated heterocycles. The molecule has 2 heterocycles. The van der Waals surface area contributed by atoms with Gasteiger partial charge in [-0.1, -0.05) is 6.92 Å². The molecule has 19 heavy (non-hydrogen) atoms. The Hall–Kier alpha value is -1.42. The molecule has 104 valence electrons. The maximum Gasteiger partial charge on any atom is 0.253 e. The number of piperidine rings is 1. The van der Waals surface area contributed by atoms with Gasteiger partial charge >= 0.3 is 0 Å². The first-order valence-corrected chi connectivity index (χ1v) is 7.09. The third-order valence-corrected chi connectivity index (χ3v) is 3.77. The number of pyridine rings is 1. The number of carbonyl (C=O) groups excluding carboxylic acids is 1. The van der Waals surface area contributed by atoms with Crippen LogP contribution < -0.4 is 5.32 Å². The van der Waals surface area contributed by atoms with Gasteiger partial charge in [-0.2, -0.15) is 0 Å². The van der Waals surface area contributed by atoms with Crippen molar-refractivity contribution in [3.63, 3.8) is 0 Å². The van der Waals surface area contributed by atoms with Crippen LogP contribution in [0.2, 0.25) is 0 Å². The van der Waals surface area contributed by atoms with E-state index in [0.717, 1.165) is 56.1 Å². The lowest BCUT2D eigenvalue weighted by Crippen LogP contribution is -2.37. The van der Waals surface area contributed by atoms with E-state index in [2.05, 4.69) is 17.2 Å². The van der Waals surface area contributed by atoms with Gasteiger partial charge < -0.3 is 10.2 Å². The molecule has 0 spiro atoms. The number of likely N-dealkylation sites (N-methyl/N-ethyl adjacent to an activating group) is 1. The molecule has 0 atom stereocenters. The molecule has 0 radical (unpaired) electrons. The first-order chi connectivity index (χ1) is 9.20. The minimum absolute atomic E-state index is 0.153. The SMILES string of the molecule is CNCCc1cc(C(=O)N2CCC(C)CC2)ccn1. The molecule has 4 heteroatoms. The number of rotatable bonds is 4. The largest absolute Gasteiger partial charge is 0.339 e. The van der Waals surface area contributed by atoms with Crippen LogP contribution in [0.3, 0.4) is 0 Å². The Bertz CT molecular complexity index is 425. The van der Waals surface area contributed by atoms with E-state index in [1.54, 1.807) is 6.20 Å². The molecule has 1 aliphatic heterocycles. The highest BCUT2D eigenvalue weighted by atomic mass is 16.2. The maximum atomic E-state index is 12.4. The van der Waals surface area contributed by atoms with Crippen molar-refractivity contribution in [1.29, 1.82) is 0 Å². The molecule has 1 N–H and O–H groups in total. The smallest absolute Gasteiger partial charge is 0.253 e. The van der Waals surface area contributed by atoms with Crippen molar-refractivity contribution < 1.29 is 4.79 Å². The van der Waals surface area contributed by atoms with Crippen LogP contribution in [0.15, 0.2) is 18.3 Å². The van der Waals surface area contributed by atoms with Gasteiger partial charge in [-0.15, -0.1) is 0 Å². The summed E-state index contributed by atoms with van der Waals surface area (Å²) in [5.41, 5.74) is 1.75. The summed E-state index contributed by atoms with van der Waals surface area (Å²) in [5.74, 6) is 0.896. The van der Waals surface area contributed by atoms with Crippen LogP contribution in [0.5, 0.6) is 0 Å². The first-order valence-electron chi connectivity index (χ1n) is 7.09. The third-order valence-electron chi connectivity index (χ3n) is 3.77. The lowest BCUT2D eigenvalue weighted by molar-refractivity contribution is 0.0697. The van der Waals surface area contributed by atoms with Crippen molar-refractivity contribution in [1.82, 2.24) is 15.2 Å². The number of aromatic nitrogens is 1. The van der Waals surface area contributed by atoms with Gasteiger partial charge in [0.1, 0.15) is 0 Å². The van der Waals surface area contributed by atoms with Crippen molar-refractivity contribution in [2.75, 3.05) is 26.7 Å². The Labute approximate surface area is 115 Å². The molecular weight excluding hydrogens is 238 g/mol. The molecule has 0 unspecified atom stereocenters. The maximum absolute atomic E-state index is 12.4. The second kappa shape index (κ2) is 6.66. The summed E-state index contributed by atoms with van der Waals surface area (Å²) in [6.07, 6.45) is 4.83. The van der Waals surface area contributed by atoms with Gasteiger partial charge in [0.2, 0.25) is 0 Å². The van der Waals surface area contributed by atoms with Crippen LogP contribution in [0.4, 0.5) is 0 Å². The van der Waals surface area contributed by atoms with Crippen molar-refractivity contribution in [3.8, 4) is 0 Å². The Morgan fingerprint density at radius 2 is 2.21 bits per heavy atom. The second-order valence-electron chi connectivity index (χ2n) is 5.36. The van der Waals surface area contributed by atoms with Crippen LogP contribution >= 0.6 is 0 Å². The zero-order valence-electron chi connectivity index (χ0n) is 11.9. The van der Waals surface area contributed by atoms with Crippen molar-refractivity contribution in [2.45, 2.75) is 26.2 Å². The molecule has 0 aromatic carbocycles. The lowest BCUT2D eigenvalue weighted by atomic mass is 9.98. The summed E-state index contributed by atoms with van der Waals surface area (Å²) in [6.45, 7) is 4.90. The zero-order valence-corrected chi connectivity index (χ0v) is 11.9. The number of amides is 1. The molecule has 1 amide bonds. The van der Waals surface area contributed by atoms with Crippen LogP contribution in [0.25, 0.3) is 0 Å². The zero-order chi connectivity index (χ0) is 13.7. The molecule has 4 nitrogen and oxygen atoms in total. The normalized spacial score (nSPS) is 16.6. The number of likely N-dealkylation sites (tertiary alicyclic amines) is 1. The predicted octanol–water partition coefficient (Wildman–Crippen LogP) is 1.72. The van der Waals surface area contributed by atoms with E-state index in [1.807, 2.05) is 24.1 Å².